The Morgan fingerprint density at radius 2 is 1.67 bits per heavy atom. The lowest BCUT2D eigenvalue weighted by Gasteiger charge is -2.43. The number of hydrogen-bond acceptors (Lipinski definition) is 7. The Bertz CT molecular complexity index is 1330. The van der Waals surface area contributed by atoms with E-state index in [9.17, 15) is 33.5 Å². The normalized spacial score (nSPS) is 14.4. The van der Waals surface area contributed by atoms with Gasteiger partial charge in [0.2, 0.25) is 12.3 Å². The number of aliphatic carboxylic acids is 2. The van der Waals surface area contributed by atoms with Gasteiger partial charge in [-0.1, -0.05) is 38.1 Å². The number of alkyl halides is 2. The summed E-state index contributed by atoms with van der Waals surface area (Å²) < 4.78 is 13.7. The zero-order valence-electron chi connectivity index (χ0n) is 25.1. The summed E-state index contributed by atoms with van der Waals surface area (Å²) in [6.07, 6.45) is -0.888. The molecule has 246 valence electrons. The van der Waals surface area contributed by atoms with Crippen molar-refractivity contribution in [2.45, 2.75) is 63.1 Å². The Balaban J connectivity index is 2.65. The van der Waals surface area contributed by atoms with E-state index in [0.717, 1.165) is 17.8 Å². The van der Waals surface area contributed by atoms with Crippen LogP contribution in [0.15, 0.2) is 48.5 Å². The van der Waals surface area contributed by atoms with Crippen molar-refractivity contribution < 1.29 is 38.6 Å². The number of halogens is 3. The predicted molar refractivity (Wildman–Crippen MR) is 169 cm³/mol. The molecule has 0 aliphatic carbocycles. The molecule has 0 spiro atoms. The Labute approximate surface area is 271 Å². The van der Waals surface area contributed by atoms with Gasteiger partial charge >= 0.3 is 11.9 Å². The van der Waals surface area contributed by atoms with Crippen molar-refractivity contribution in [1.82, 2.24) is 10.2 Å². The van der Waals surface area contributed by atoms with Gasteiger partial charge in [0.1, 0.15) is 11.9 Å². The standard InChI is InChI=1S/C31H39Cl2FN4O7/c1-3-24(21-8-10-22(34)11-9-21)31(4-2,30(44)45)38(19-39)29(43)26(36-28(42)25(35)18-27(40)41)17-20-6-5-7-23(16-20)37(14-12-32)15-13-33/h5-11,16,19,24-26H,3-4,12-15,17-18,35H2,1-2H3,(H,36,42)(H,40,41)(H,44,45)/t24?,25-,26-,31-/m0/s1. The van der Waals surface area contributed by atoms with Crippen LogP contribution in [-0.2, 0) is 30.4 Å². The van der Waals surface area contributed by atoms with Crippen LogP contribution in [0.5, 0.6) is 0 Å². The first kappa shape index (κ1) is 37.4. The smallest absolute Gasteiger partial charge is 0.330 e. The van der Waals surface area contributed by atoms with Gasteiger partial charge in [-0.05, 0) is 48.2 Å². The highest BCUT2D eigenvalue weighted by molar-refractivity contribution is 6.18. The van der Waals surface area contributed by atoms with Crippen molar-refractivity contribution >= 4 is 59.1 Å². The molecule has 5 N–H and O–H groups in total. The lowest BCUT2D eigenvalue weighted by molar-refractivity contribution is -0.166. The van der Waals surface area contributed by atoms with Crippen LogP contribution >= 0.6 is 23.2 Å². The summed E-state index contributed by atoms with van der Waals surface area (Å²) in [5.74, 6) is -5.72. The summed E-state index contributed by atoms with van der Waals surface area (Å²) in [6.45, 7) is 4.13. The average Bonchev–Trinajstić information content (AvgIpc) is 3.00. The minimum Gasteiger partial charge on any atom is -0.481 e. The maximum Gasteiger partial charge on any atom is 0.330 e. The summed E-state index contributed by atoms with van der Waals surface area (Å²) in [7, 11) is 0. The molecule has 0 fully saturated rings. The van der Waals surface area contributed by atoms with E-state index in [2.05, 4.69) is 5.32 Å². The number of imide groups is 1. The Hall–Kier alpha value is -3.74. The van der Waals surface area contributed by atoms with E-state index in [-0.39, 0.29) is 25.7 Å². The molecule has 0 aliphatic rings. The Kier molecular flexibility index (Phi) is 14.7. The molecule has 2 rings (SSSR count). The van der Waals surface area contributed by atoms with Crippen molar-refractivity contribution in [3.8, 4) is 0 Å². The Morgan fingerprint density at radius 3 is 2.16 bits per heavy atom. The minimum atomic E-state index is -2.13. The number of nitrogens with two attached hydrogens (primary N) is 1. The van der Waals surface area contributed by atoms with E-state index in [1.165, 1.54) is 19.1 Å². The van der Waals surface area contributed by atoms with Gasteiger partial charge < -0.3 is 26.2 Å². The van der Waals surface area contributed by atoms with Crippen LogP contribution in [0.2, 0.25) is 0 Å². The number of hydrogen-bond donors (Lipinski definition) is 4. The second kappa shape index (κ2) is 17.7. The summed E-state index contributed by atoms with van der Waals surface area (Å²) in [5, 5.41) is 22.2. The van der Waals surface area contributed by atoms with Crippen LogP contribution < -0.4 is 16.0 Å². The predicted octanol–water partition coefficient (Wildman–Crippen LogP) is 3.35. The number of carbonyl (C=O) groups is 5. The van der Waals surface area contributed by atoms with Crippen molar-refractivity contribution in [3.05, 3.63) is 65.5 Å². The van der Waals surface area contributed by atoms with Gasteiger partial charge in [-0.15, -0.1) is 23.2 Å². The summed E-state index contributed by atoms with van der Waals surface area (Å²) in [4.78, 5) is 66.7. The molecule has 0 heterocycles. The van der Waals surface area contributed by atoms with E-state index in [4.69, 9.17) is 34.0 Å². The van der Waals surface area contributed by atoms with Crippen molar-refractivity contribution in [2.75, 3.05) is 29.7 Å². The van der Waals surface area contributed by atoms with Crippen LogP contribution in [-0.4, -0.2) is 87.7 Å². The van der Waals surface area contributed by atoms with Crippen LogP contribution in [0.4, 0.5) is 10.1 Å². The summed E-state index contributed by atoms with van der Waals surface area (Å²) >= 11 is 11.9. The highest BCUT2D eigenvalue weighted by Gasteiger charge is 2.52. The number of carboxylic acid groups (broad SMARTS) is 2. The van der Waals surface area contributed by atoms with E-state index < -0.39 is 59.5 Å². The molecular formula is C31H39Cl2FN4O7. The third kappa shape index (κ3) is 9.38. The van der Waals surface area contributed by atoms with Crippen molar-refractivity contribution in [1.29, 1.82) is 0 Å². The zero-order chi connectivity index (χ0) is 33.7. The summed E-state index contributed by atoms with van der Waals surface area (Å²) in [5.41, 5.74) is 5.28. The largest absolute Gasteiger partial charge is 0.481 e. The monoisotopic (exact) mass is 668 g/mol. The zero-order valence-corrected chi connectivity index (χ0v) is 26.6. The van der Waals surface area contributed by atoms with Crippen LogP contribution in [0.3, 0.4) is 0 Å². The van der Waals surface area contributed by atoms with E-state index in [0.29, 0.717) is 40.9 Å². The molecule has 0 aromatic heterocycles. The van der Waals surface area contributed by atoms with Crippen LogP contribution in [0.1, 0.15) is 50.2 Å². The van der Waals surface area contributed by atoms with Crippen LogP contribution in [0, 0.1) is 5.82 Å². The Morgan fingerprint density at radius 1 is 1.04 bits per heavy atom. The molecule has 0 radical (unpaired) electrons. The molecule has 0 saturated heterocycles. The van der Waals surface area contributed by atoms with E-state index >= 15 is 0 Å². The first-order chi connectivity index (χ1) is 21.4. The molecule has 1 unspecified atom stereocenters. The number of rotatable bonds is 19. The molecule has 2 aromatic carbocycles. The third-order valence-corrected chi connectivity index (χ3v) is 8.05. The quantitative estimate of drug-likeness (QED) is 0.129. The number of carboxylic acids is 2. The van der Waals surface area contributed by atoms with Gasteiger partial charge in [0.25, 0.3) is 5.91 Å². The number of nitrogens with one attached hydrogen (secondary N) is 1. The lowest BCUT2D eigenvalue weighted by atomic mass is 9.74. The molecule has 2 aromatic rings. The topological polar surface area (TPSA) is 170 Å². The second-order valence-corrected chi connectivity index (χ2v) is 11.2. The fourth-order valence-electron chi connectivity index (χ4n) is 5.49. The van der Waals surface area contributed by atoms with E-state index in [1.807, 2.05) is 4.90 Å². The fraction of sp³-hybridized carbons (Fsp3) is 0.452. The number of nitrogens with zero attached hydrogens (tertiary/aromatic N) is 2. The average molecular weight is 670 g/mol. The number of anilines is 1. The number of amides is 3. The van der Waals surface area contributed by atoms with Crippen molar-refractivity contribution in [2.24, 2.45) is 5.73 Å². The number of benzene rings is 2. The molecule has 4 atom stereocenters. The molecule has 0 saturated carbocycles. The molecule has 11 nitrogen and oxygen atoms in total. The first-order valence-corrected chi connectivity index (χ1v) is 15.5. The first-order valence-electron chi connectivity index (χ1n) is 14.4. The van der Waals surface area contributed by atoms with Gasteiger partial charge in [-0.2, -0.15) is 0 Å². The fourth-order valence-corrected chi connectivity index (χ4v) is 5.90. The van der Waals surface area contributed by atoms with Gasteiger partial charge in [0.15, 0.2) is 5.54 Å². The van der Waals surface area contributed by atoms with Crippen molar-refractivity contribution in [3.63, 3.8) is 0 Å². The minimum absolute atomic E-state index is 0.113. The molecule has 0 aliphatic heterocycles. The SMILES string of the molecule is CCC(c1ccc(F)cc1)[C@@](CC)(C(=O)O)N(C=O)C(=O)[C@H](Cc1cccc(N(CCCl)CCCl)c1)NC(=O)[C@@H](N)CC(=O)O. The van der Waals surface area contributed by atoms with Gasteiger partial charge in [0.05, 0.1) is 12.5 Å². The van der Waals surface area contributed by atoms with Gasteiger partial charge in [0, 0.05) is 42.9 Å². The lowest BCUT2D eigenvalue weighted by Crippen LogP contribution is -2.64. The molecule has 0 bridgehead atoms. The third-order valence-electron chi connectivity index (χ3n) is 7.71. The van der Waals surface area contributed by atoms with Gasteiger partial charge in [-0.25, -0.2) is 9.18 Å². The molecular weight excluding hydrogens is 630 g/mol. The summed E-state index contributed by atoms with van der Waals surface area (Å²) in [6, 6.07) is 8.99. The molecule has 3 amide bonds. The second-order valence-electron chi connectivity index (χ2n) is 10.4. The highest BCUT2D eigenvalue weighted by atomic mass is 35.5. The number of carbonyl (C=O) groups excluding carboxylic acids is 3. The molecule has 45 heavy (non-hydrogen) atoms. The maximum absolute atomic E-state index is 14.3. The van der Waals surface area contributed by atoms with Gasteiger partial charge in [-0.3, -0.25) is 24.1 Å². The maximum atomic E-state index is 14.3. The van der Waals surface area contributed by atoms with E-state index in [1.54, 1.807) is 31.2 Å². The van der Waals surface area contributed by atoms with Crippen LogP contribution in [0.25, 0.3) is 0 Å². The molecule has 14 heteroatoms. The highest BCUT2D eigenvalue weighted by Crippen LogP contribution is 2.39.